The maximum absolute atomic E-state index is 13.4. The van der Waals surface area contributed by atoms with Crippen LogP contribution in [0.3, 0.4) is 0 Å². The number of para-hydroxylation sites is 1. The molecular formula is C20H16ClFN2O4S. The van der Waals surface area contributed by atoms with Crippen LogP contribution in [0, 0.1) is 5.82 Å². The molecule has 0 atom stereocenters. The first kappa shape index (κ1) is 20.9. The van der Waals surface area contributed by atoms with Crippen LogP contribution >= 0.6 is 23.4 Å². The summed E-state index contributed by atoms with van der Waals surface area (Å²) < 4.78 is 18.5. The largest absolute Gasteiger partial charge is 0.481 e. The van der Waals surface area contributed by atoms with Crippen molar-refractivity contribution in [2.45, 2.75) is 0 Å². The number of hydrogen-bond acceptors (Lipinski definition) is 5. The molecule has 0 unspecified atom stereocenters. The van der Waals surface area contributed by atoms with E-state index < -0.39 is 22.9 Å². The Labute approximate surface area is 175 Å². The Bertz CT molecular complexity index is 965. The second-order valence-corrected chi connectivity index (χ2v) is 7.38. The van der Waals surface area contributed by atoms with Crippen LogP contribution in [-0.2, 0) is 9.59 Å². The van der Waals surface area contributed by atoms with Gasteiger partial charge in [-0.05, 0) is 47.7 Å². The number of rotatable bonds is 7. The Kier molecular flexibility index (Phi) is 6.90. The molecule has 0 saturated carbocycles. The number of nitrogens with one attached hydrogen (secondary N) is 1. The number of carbonyl (C=O) groups is 3. The van der Waals surface area contributed by atoms with Crippen LogP contribution in [0.1, 0.15) is 5.56 Å². The van der Waals surface area contributed by atoms with Gasteiger partial charge < -0.3 is 10.1 Å². The molecule has 1 saturated heterocycles. The van der Waals surface area contributed by atoms with E-state index in [2.05, 4.69) is 5.32 Å². The maximum Gasteiger partial charge on any atom is 0.293 e. The standard InChI is InChI=1S/C20H16ClFN2O4S/c21-14-7-5-13(6-8-14)11-17-19(26)24(20(27)29-17)10-9-23-18(25)12-28-16-4-2-1-3-15(16)22/h1-8,11H,9-10,12H2,(H,23,25)/b17-11-. The first-order valence-electron chi connectivity index (χ1n) is 8.59. The Morgan fingerprint density at radius 3 is 2.62 bits per heavy atom. The minimum absolute atomic E-state index is 0.0219. The Morgan fingerprint density at radius 1 is 1.17 bits per heavy atom. The topological polar surface area (TPSA) is 75.7 Å². The van der Waals surface area contributed by atoms with E-state index in [1.165, 1.54) is 18.2 Å². The van der Waals surface area contributed by atoms with Crippen LogP contribution in [-0.4, -0.2) is 41.6 Å². The molecule has 1 N–H and O–H groups in total. The van der Waals surface area contributed by atoms with E-state index in [0.717, 1.165) is 22.2 Å². The number of carbonyl (C=O) groups excluding carboxylic acids is 3. The van der Waals surface area contributed by atoms with Crippen LogP contribution in [0.2, 0.25) is 5.02 Å². The highest BCUT2D eigenvalue weighted by atomic mass is 35.5. The molecule has 0 aromatic heterocycles. The van der Waals surface area contributed by atoms with Crippen molar-refractivity contribution >= 4 is 46.5 Å². The lowest BCUT2D eigenvalue weighted by atomic mass is 10.2. The highest BCUT2D eigenvalue weighted by Gasteiger charge is 2.34. The number of nitrogens with zero attached hydrogens (tertiary/aromatic N) is 1. The van der Waals surface area contributed by atoms with E-state index >= 15 is 0 Å². The fourth-order valence-corrected chi connectivity index (χ4v) is 3.46. The van der Waals surface area contributed by atoms with E-state index in [4.69, 9.17) is 16.3 Å². The molecule has 6 nitrogen and oxygen atoms in total. The number of imide groups is 1. The van der Waals surface area contributed by atoms with Crippen LogP contribution in [0.15, 0.2) is 53.4 Å². The molecule has 1 fully saturated rings. The van der Waals surface area contributed by atoms with Gasteiger partial charge >= 0.3 is 0 Å². The second kappa shape index (κ2) is 9.58. The summed E-state index contributed by atoms with van der Waals surface area (Å²) in [6.45, 7) is -0.293. The third-order valence-corrected chi connectivity index (χ3v) is 5.05. The first-order valence-corrected chi connectivity index (χ1v) is 9.78. The minimum Gasteiger partial charge on any atom is -0.481 e. The zero-order chi connectivity index (χ0) is 20.8. The molecule has 1 aliphatic heterocycles. The SMILES string of the molecule is O=C(COc1ccccc1F)NCCN1C(=O)S/C(=C\c2ccc(Cl)cc2)C1=O. The molecule has 0 radical (unpaired) electrons. The summed E-state index contributed by atoms with van der Waals surface area (Å²) in [5.74, 6) is -1.50. The van der Waals surface area contributed by atoms with E-state index in [9.17, 15) is 18.8 Å². The lowest BCUT2D eigenvalue weighted by molar-refractivity contribution is -0.125. The fraction of sp³-hybridized carbons (Fsp3) is 0.150. The van der Waals surface area contributed by atoms with Gasteiger partial charge in [0.15, 0.2) is 18.2 Å². The van der Waals surface area contributed by atoms with Gasteiger partial charge in [0.2, 0.25) is 0 Å². The van der Waals surface area contributed by atoms with E-state index in [-0.39, 0.29) is 25.4 Å². The number of amides is 3. The van der Waals surface area contributed by atoms with Gasteiger partial charge in [0.05, 0.1) is 4.91 Å². The highest BCUT2D eigenvalue weighted by Crippen LogP contribution is 2.32. The molecule has 2 aromatic carbocycles. The predicted octanol–water partition coefficient (Wildman–Crippen LogP) is 3.71. The van der Waals surface area contributed by atoms with Crippen LogP contribution in [0.4, 0.5) is 9.18 Å². The molecule has 3 amide bonds. The molecule has 1 aliphatic rings. The molecule has 0 spiro atoms. The van der Waals surface area contributed by atoms with Gasteiger partial charge in [-0.15, -0.1) is 0 Å². The Balaban J connectivity index is 1.48. The summed E-state index contributed by atoms with van der Waals surface area (Å²) in [7, 11) is 0. The lowest BCUT2D eigenvalue weighted by Gasteiger charge is -2.13. The molecule has 29 heavy (non-hydrogen) atoms. The minimum atomic E-state index is -0.564. The van der Waals surface area contributed by atoms with Crippen LogP contribution < -0.4 is 10.1 Å². The third-order valence-electron chi connectivity index (χ3n) is 3.89. The normalized spacial score (nSPS) is 15.1. The monoisotopic (exact) mass is 434 g/mol. The molecule has 0 aliphatic carbocycles. The van der Waals surface area contributed by atoms with Crippen molar-refractivity contribution in [2.75, 3.05) is 19.7 Å². The van der Waals surface area contributed by atoms with E-state index in [1.807, 2.05) is 0 Å². The second-order valence-electron chi connectivity index (χ2n) is 5.95. The zero-order valence-electron chi connectivity index (χ0n) is 15.1. The fourth-order valence-electron chi connectivity index (χ4n) is 2.47. The molecule has 150 valence electrons. The Hall–Kier alpha value is -2.84. The summed E-state index contributed by atoms with van der Waals surface area (Å²) >= 11 is 6.67. The van der Waals surface area contributed by atoms with Gasteiger partial charge in [-0.3, -0.25) is 19.3 Å². The number of ether oxygens (including phenoxy) is 1. The van der Waals surface area contributed by atoms with Crippen LogP contribution in [0.25, 0.3) is 6.08 Å². The zero-order valence-corrected chi connectivity index (χ0v) is 16.6. The van der Waals surface area contributed by atoms with Gasteiger partial charge in [-0.1, -0.05) is 35.9 Å². The van der Waals surface area contributed by atoms with Gasteiger partial charge in [0.1, 0.15) is 0 Å². The molecule has 3 rings (SSSR count). The summed E-state index contributed by atoms with van der Waals surface area (Å²) in [6, 6.07) is 12.6. The summed E-state index contributed by atoms with van der Waals surface area (Å²) in [5, 5.41) is 2.70. The molecule has 2 aromatic rings. The average molecular weight is 435 g/mol. The van der Waals surface area contributed by atoms with Gasteiger partial charge in [-0.2, -0.15) is 0 Å². The lowest BCUT2D eigenvalue weighted by Crippen LogP contribution is -2.38. The smallest absolute Gasteiger partial charge is 0.293 e. The molecule has 0 bridgehead atoms. The summed E-state index contributed by atoms with van der Waals surface area (Å²) in [4.78, 5) is 37.7. The maximum atomic E-state index is 13.4. The molecule has 1 heterocycles. The predicted molar refractivity (Wildman–Crippen MR) is 109 cm³/mol. The van der Waals surface area contributed by atoms with Crippen molar-refractivity contribution in [3.8, 4) is 5.75 Å². The van der Waals surface area contributed by atoms with Gasteiger partial charge in [0.25, 0.3) is 17.1 Å². The van der Waals surface area contributed by atoms with Gasteiger partial charge in [0, 0.05) is 18.1 Å². The molecular weight excluding hydrogens is 419 g/mol. The average Bonchev–Trinajstić information content (AvgIpc) is 2.96. The van der Waals surface area contributed by atoms with Crippen molar-refractivity contribution in [3.63, 3.8) is 0 Å². The third kappa shape index (κ3) is 5.58. The van der Waals surface area contributed by atoms with Gasteiger partial charge in [-0.25, -0.2) is 4.39 Å². The number of benzene rings is 2. The van der Waals surface area contributed by atoms with Crippen molar-refractivity contribution in [1.82, 2.24) is 10.2 Å². The van der Waals surface area contributed by atoms with Crippen LogP contribution in [0.5, 0.6) is 5.75 Å². The van der Waals surface area contributed by atoms with E-state index in [1.54, 1.807) is 36.4 Å². The summed E-state index contributed by atoms with van der Waals surface area (Å²) in [6.07, 6.45) is 1.61. The Morgan fingerprint density at radius 2 is 1.90 bits per heavy atom. The highest BCUT2D eigenvalue weighted by molar-refractivity contribution is 8.18. The quantitative estimate of drug-likeness (QED) is 0.672. The first-order chi connectivity index (χ1) is 13.9. The number of hydrogen-bond donors (Lipinski definition) is 1. The van der Waals surface area contributed by atoms with Crippen molar-refractivity contribution in [1.29, 1.82) is 0 Å². The molecule has 9 heteroatoms. The number of thioether (sulfide) groups is 1. The number of halogens is 2. The van der Waals surface area contributed by atoms with Crippen molar-refractivity contribution in [3.05, 3.63) is 69.8 Å². The van der Waals surface area contributed by atoms with Crippen molar-refractivity contribution in [2.24, 2.45) is 0 Å². The van der Waals surface area contributed by atoms with Crippen molar-refractivity contribution < 1.29 is 23.5 Å². The van der Waals surface area contributed by atoms with E-state index in [0.29, 0.717) is 9.93 Å². The summed E-state index contributed by atoms with van der Waals surface area (Å²) in [5.41, 5.74) is 0.749.